The quantitative estimate of drug-likeness (QED) is 0.675. The summed E-state index contributed by atoms with van der Waals surface area (Å²) < 4.78 is 31.4. The van der Waals surface area contributed by atoms with Crippen molar-refractivity contribution in [1.82, 2.24) is 9.62 Å². The lowest BCUT2D eigenvalue weighted by Crippen LogP contribution is -2.27. The lowest BCUT2D eigenvalue weighted by Gasteiger charge is -2.14. The zero-order valence-corrected chi connectivity index (χ0v) is 13.5. The van der Waals surface area contributed by atoms with E-state index in [-0.39, 0.29) is 5.09 Å². The van der Waals surface area contributed by atoms with Gasteiger partial charge in [0.05, 0.1) is 6.54 Å². The summed E-state index contributed by atoms with van der Waals surface area (Å²) in [5, 5.41) is 3.22. The van der Waals surface area contributed by atoms with E-state index in [1.807, 2.05) is 0 Å². The topological polar surface area (TPSA) is 62.6 Å². The Morgan fingerprint density at radius 3 is 2.60 bits per heavy atom. The minimum absolute atomic E-state index is 0.0322. The molecule has 0 amide bonds. The van der Waals surface area contributed by atoms with Crippen molar-refractivity contribution in [3.05, 3.63) is 17.9 Å². The van der Waals surface area contributed by atoms with E-state index < -0.39 is 10.0 Å². The van der Waals surface area contributed by atoms with E-state index in [1.165, 1.54) is 10.4 Å². The predicted octanol–water partition coefficient (Wildman–Crippen LogP) is 2.59. The number of furan rings is 1. The van der Waals surface area contributed by atoms with Gasteiger partial charge in [0, 0.05) is 13.6 Å². The van der Waals surface area contributed by atoms with Crippen molar-refractivity contribution in [2.75, 3.05) is 20.1 Å². The zero-order valence-electron chi connectivity index (χ0n) is 12.7. The summed E-state index contributed by atoms with van der Waals surface area (Å²) >= 11 is 0. The fraction of sp³-hybridized carbons (Fsp3) is 0.714. The third-order valence-electron chi connectivity index (χ3n) is 3.10. The molecule has 1 heterocycles. The number of hydrogen-bond donors (Lipinski definition) is 1. The molecule has 0 aliphatic carbocycles. The molecule has 1 aromatic heterocycles. The maximum Gasteiger partial charge on any atom is 0.276 e. The Hall–Kier alpha value is -0.850. The first-order valence-corrected chi connectivity index (χ1v) is 8.72. The molecule has 1 N–H and O–H groups in total. The normalized spacial score (nSPS) is 12.2. The summed E-state index contributed by atoms with van der Waals surface area (Å²) in [6.07, 6.45) is 4.01. The van der Waals surface area contributed by atoms with Crippen molar-refractivity contribution in [2.45, 2.75) is 51.2 Å². The minimum atomic E-state index is -3.49. The lowest BCUT2D eigenvalue weighted by atomic mass is 10.2. The van der Waals surface area contributed by atoms with E-state index in [1.54, 1.807) is 13.1 Å². The van der Waals surface area contributed by atoms with Gasteiger partial charge in [0.25, 0.3) is 10.0 Å². The first kappa shape index (κ1) is 17.2. The van der Waals surface area contributed by atoms with Crippen LogP contribution >= 0.6 is 0 Å². The lowest BCUT2D eigenvalue weighted by molar-refractivity contribution is 0.378. The standard InChI is InChI=1S/C14H26N2O3S/c1-4-6-7-11-16(3)20(17,18)14-9-8-13(19-14)12-15-10-5-2/h8-9,15H,4-7,10-12H2,1-3H3. The molecule has 0 saturated carbocycles. The maximum atomic E-state index is 12.3. The molecule has 1 rings (SSSR count). The highest BCUT2D eigenvalue weighted by Gasteiger charge is 2.24. The van der Waals surface area contributed by atoms with Crippen LogP contribution in [0.3, 0.4) is 0 Å². The third kappa shape index (κ3) is 4.92. The van der Waals surface area contributed by atoms with Crippen molar-refractivity contribution in [2.24, 2.45) is 0 Å². The van der Waals surface area contributed by atoms with Gasteiger partial charge in [0.2, 0.25) is 5.09 Å². The zero-order chi connectivity index (χ0) is 15.0. The highest BCUT2D eigenvalue weighted by atomic mass is 32.2. The molecule has 0 bridgehead atoms. The smallest absolute Gasteiger partial charge is 0.276 e. The molecular weight excluding hydrogens is 276 g/mol. The summed E-state index contributed by atoms with van der Waals surface area (Å²) in [7, 11) is -1.89. The Morgan fingerprint density at radius 2 is 1.95 bits per heavy atom. The van der Waals surface area contributed by atoms with Crippen LogP contribution in [0, 0.1) is 0 Å². The number of nitrogens with one attached hydrogen (secondary N) is 1. The van der Waals surface area contributed by atoms with Gasteiger partial charge in [-0.2, -0.15) is 4.31 Å². The van der Waals surface area contributed by atoms with Crippen LogP contribution in [0.5, 0.6) is 0 Å². The van der Waals surface area contributed by atoms with Crippen molar-refractivity contribution < 1.29 is 12.8 Å². The first-order chi connectivity index (χ1) is 9.52. The Bertz CT molecular complexity index is 482. The van der Waals surface area contributed by atoms with Crippen LogP contribution in [0.2, 0.25) is 0 Å². The second-order valence-corrected chi connectivity index (χ2v) is 6.91. The Balaban J connectivity index is 2.62. The molecule has 0 aromatic carbocycles. The highest BCUT2D eigenvalue weighted by molar-refractivity contribution is 7.89. The Kier molecular flexibility index (Phi) is 7.26. The fourth-order valence-corrected chi connectivity index (χ4v) is 2.97. The number of rotatable bonds is 10. The second kappa shape index (κ2) is 8.44. The molecule has 0 atom stereocenters. The van der Waals surface area contributed by atoms with Crippen LogP contribution in [0.4, 0.5) is 0 Å². The Labute approximate surface area is 122 Å². The average molecular weight is 302 g/mol. The molecule has 0 aliphatic rings. The van der Waals surface area contributed by atoms with Gasteiger partial charge in [0.1, 0.15) is 5.76 Å². The van der Waals surface area contributed by atoms with Gasteiger partial charge in [-0.05, 0) is 31.5 Å². The summed E-state index contributed by atoms with van der Waals surface area (Å²) in [6.45, 7) is 6.15. The molecule has 116 valence electrons. The molecular formula is C14H26N2O3S. The van der Waals surface area contributed by atoms with Crippen LogP contribution in [-0.2, 0) is 16.6 Å². The van der Waals surface area contributed by atoms with E-state index in [0.29, 0.717) is 18.8 Å². The van der Waals surface area contributed by atoms with Crippen LogP contribution in [0.25, 0.3) is 0 Å². The van der Waals surface area contributed by atoms with E-state index in [9.17, 15) is 8.42 Å². The van der Waals surface area contributed by atoms with Gasteiger partial charge in [-0.25, -0.2) is 8.42 Å². The highest BCUT2D eigenvalue weighted by Crippen LogP contribution is 2.18. The number of sulfonamides is 1. The number of unbranched alkanes of at least 4 members (excludes halogenated alkanes) is 2. The predicted molar refractivity (Wildman–Crippen MR) is 80.0 cm³/mol. The van der Waals surface area contributed by atoms with Gasteiger partial charge in [-0.15, -0.1) is 0 Å². The van der Waals surface area contributed by atoms with E-state index in [2.05, 4.69) is 19.2 Å². The molecule has 0 saturated heterocycles. The molecule has 0 radical (unpaired) electrons. The van der Waals surface area contributed by atoms with E-state index in [4.69, 9.17) is 4.42 Å². The molecule has 5 nitrogen and oxygen atoms in total. The monoisotopic (exact) mass is 302 g/mol. The van der Waals surface area contributed by atoms with Crippen LogP contribution < -0.4 is 5.32 Å². The molecule has 0 unspecified atom stereocenters. The fourth-order valence-electron chi connectivity index (χ4n) is 1.84. The average Bonchev–Trinajstić information content (AvgIpc) is 2.88. The maximum absolute atomic E-state index is 12.3. The molecule has 0 fully saturated rings. The van der Waals surface area contributed by atoms with E-state index in [0.717, 1.165) is 32.2 Å². The van der Waals surface area contributed by atoms with Crippen molar-refractivity contribution >= 4 is 10.0 Å². The largest absolute Gasteiger partial charge is 0.447 e. The molecule has 0 spiro atoms. The molecule has 1 aromatic rings. The SMILES string of the molecule is CCCCCN(C)S(=O)(=O)c1ccc(CNCCC)o1. The van der Waals surface area contributed by atoms with Gasteiger partial charge in [-0.3, -0.25) is 0 Å². The summed E-state index contributed by atoms with van der Waals surface area (Å²) in [5.74, 6) is 0.652. The van der Waals surface area contributed by atoms with Crippen LogP contribution in [0.15, 0.2) is 21.6 Å². The van der Waals surface area contributed by atoms with Gasteiger partial charge in [0.15, 0.2) is 0 Å². The van der Waals surface area contributed by atoms with Crippen molar-refractivity contribution in [1.29, 1.82) is 0 Å². The minimum Gasteiger partial charge on any atom is -0.447 e. The summed E-state index contributed by atoms with van der Waals surface area (Å²) in [4.78, 5) is 0. The third-order valence-corrected chi connectivity index (χ3v) is 4.84. The molecule has 0 aliphatic heterocycles. The first-order valence-electron chi connectivity index (χ1n) is 7.28. The molecule has 6 heteroatoms. The Morgan fingerprint density at radius 1 is 1.20 bits per heavy atom. The summed E-state index contributed by atoms with van der Waals surface area (Å²) in [5.41, 5.74) is 0. The van der Waals surface area contributed by atoms with Gasteiger partial charge >= 0.3 is 0 Å². The van der Waals surface area contributed by atoms with Crippen molar-refractivity contribution in [3.8, 4) is 0 Å². The van der Waals surface area contributed by atoms with Gasteiger partial charge < -0.3 is 9.73 Å². The molecule has 20 heavy (non-hydrogen) atoms. The van der Waals surface area contributed by atoms with E-state index >= 15 is 0 Å². The van der Waals surface area contributed by atoms with Crippen molar-refractivity contribution in [3.63, 3.8) is 0 Å². The number of nitrogens with zero attached hydrogens (tertiary/aromatic N) is 1. The number of hydrogen-bond acceptors (Lipinski definition) is 4. The van der Waals surface area contributed by atoms with Crippen LogP contribution in [-0.4, -0.2) is 32.9 Å². The van der Waals surface area contributed by atoms with Crippen LogP contribution in [0.1, 0.15) is 45.3 Å². The van der Waals surface area contributed by atoms with Gasteiger partial charge in [-0.1, -0.05) is 26.7 Å². The second-order valence-electron chi connectivity index (χ2n) is 4.93. The summed E-state index contributed by atoms with van der Waals surface area (Å²) in [6, 6.07) is 3.25.